The molecule has 0 fully saturated rings. The average Bonchev–Trinajstić information content (AvgIpc) is 2.77. The monoisotopic (exact) mass is 260 g/mol. The van der Waals surface area contributed by atoms with Crippen molar-refractivity contribution in [2.24, 2.45) is 0 Å². The Morgan fingerprint density at radius 1 is 1.58 bits per heavy atom. The smallest absolute Gasteiger partial charge is 0.340 e. The first-order chi connectivity index (χ1) is 9.17. The number of hydrogen-bond donors (Lipinski definition) is 1. The van der Waals surface area contributed by atoms with Crippen molar-refractivity contribution in [1.82, 2.24) is 14.6 Å². The van der Waals surface area contributed by atoms with Gasteiger partial charge in [0.15, 0.2) is 5.65 Å². The topological polar surface area (TPSA) is 82.5 Å². The lowest BCUT2D eigenvalue weighted by molar-refractivity contribution is 0.0498. The fourth-order valence-corrected chi connectivity index (χ4v) is 1.74. The Labute approximate surface area is 110 Å². The summed E-state index contributed by atoms with van der Waals surface area (Å²) in [6.07, 6.45) is 3.35. The zero-order valence-electron chi connectivity index (χ0n) is 10.8. The van der Waals surface area contributed by atoms with Gasteiger partial charge < -0.3 is 10.5 Å². The molecular weight excluding hydrogens is 244 g/mol. The molecule has 2 rings (SSSR count). The second-order valence-corrected chi connectivity index (χ2v) is 4.07. The molecule has 0 aliphatic carbocycles. The van der Waals surface area contributed by atoms with Crippen LogP contribution in [0.15, 0.2) is 18.7 Å². The molecule has 2 heterocycles. The quantitative estimate of drug-likeness (QED) is 0.656. The minimum atomic E-state index is -0.390. The minimum Gasteiger partial charge on any atom is -0.462 e. The van der Waals surface area contributed by atoms with Crippen LogP contribution in [0.5, 0.6) is 0 Å². The van der Waals surface area contributed by atoms with Gasteiger partial charge in [0, 0.05) is 0 Å². The van der Waals surface area contributed by atoms with Gasteiger partial charge in [-0.2, -0.15) is 4.98 Å². The van der Waals surface area contributed by atoms with E-state index in [9.17, 15) is 4.79 Å². The van der Waals surface area contributed by atoms with Crippen LogP contribution in [0.4, 0.5) is 5.95 Å². The van der Waals surface area contributed by atoms with Gasteiger partial charge in [-0.05, 0) is 24.6 Å². The standard InChI is InChI=1S/C13H16N4O2/c1-3-5-8-19-12(18)9-6-7-11-15-13(14)16-17(11)10(9)4-2/h4,6-7H,2-3,5,8H2,1H3,(H2,14,16). The lowest BCUT2D eigenvalue weighted by Crippen LogP contribution is -2.11. The fourth-order valence-electron chi connectivity index (χ4n) is 1.74. The van der Waals surface area contributed by atoms with Crippen molar-refractivity contribution in [3.63, 3.8) is 0 Å². The Kier molecular flexibility index (Phi) is 3.79. The molecule has 6 nitrogen and oxygen atoms in total. The van der Waals surface area contributed by atoms with E-state index in [0.717, 1.165) is 12.8 Å². The van der Waals surface area contributed by atoms with Crippen molar-refractivity contribution < 1.29 is 9.53 Å². The van der Waals surface area contributed by atoms with Gasteiger partial charge in [0.05, 0.1) is 17.9 Å². The summed E-state index contributed by atoms with van der Waals surface area (Å²) in [4.78, 5) is 16.0. The van der Waals surface area contributed by atoms with E-state index in [4.69, 9.17) is 10.5 Å². The number of carbonyl (C=O) groups excluding carboxylic acids is 1. The van der Waals surface area contributed by atoms with Gasteiger partial charge in [-0.1, -0.05) is 19.9 Å². The Hall–Kier alpha value is -2.37. The molecule has 0 amide bonds. The van der Waals surface area contributed by atoms with Gasteiger partial charge in [0.2, 0.25) is 5.95 Å². The van der Waals surface area contributed by atoms with Crippen molar-refractivity contribution in [2.75, 3.05) is 12.3 Å². The van der Waals surface area contributed by atoms with Gasteiger partial charge >= 0.3 is 5.97 Å². The summed E-state index contributed by atoms with van der Waals surface area (Å²) in [6, 6.07) is 3.32. The maximum atomic E-state index is 12.0. The summed E-state index contributed by atoms with van der Waals surface area (Å²) in [6.45, 7) is 6.13. The van der Waals surface area contributed by atoms with Crippen molar-refractivity contribution >= 4 is 23.6 Å². The average molecular weight is 260 g/mol. The number of carbonyl (C=O) groups is 1. The minimum absolute atomic E-state index is 0.152. The molecule has 0 unspecified atom stereocenters. The molecule has 0 radical (unpaired) electrons. The van der Waals surface area contributed by atoms with Crippen LogP contribution >= 0.6 is 0 Å². The van der Waals surface area contributed by atoms with Gasteiger partial charge in [0.1, 0.15) is 0 Å². The maximum Gasteiger partial charge on any atom is 0.340 e. The predicted octanol–water partition coefficient (Wildman–Crippen LogP) is 1.91. The highest BCUT2D eigenvalue weighted by atomic mass is 16.5. The van der Waals surface area contributed by atoms with Crippen molar-refractivity contribution in [3.8, 4) is 0 Å². The van der Waals surface area contributed by atoms with E-state index in [0.29, 0.717) is 23.5 Å². The van der Waals surface area contributed by atoms with E-state index in [1.165, 1.54) is 10.6 Å². The third-order valence-electron chi connectivity index (χ3n) is 2.70. The normalized spacial score (nSPS) is 10.6. The molecule has 2 N–H and O–H groups in total. The van der Waals surface area contributed by atoms with Crippen LogP contribution in [-0.2, 0) is 4.74 Å². The van der Waals surface area contributed by atoms with Crippen molar-refractivity contribution in [3.05, 3.63) is 30.0 Å². The molecule has 2 aromatic rings. The van der Waals surface area contributed by atoms with Crippen LogP contribution in [0.25, 0.3) is 11.7 Å². The number of rotatable bonds is 5. The molecule has 0 saturated heterocycles. The second-order valence-electron chi connectivity index (χ2n) is 4.07. The van der Waals surface area contributed by atoms with Gasteiger partial charge in [-0.3, -0.25) is 0 Å². The lowest BCUT2D eigenvalue weighted by Gasteiger charge is -2.07. The van der Waals surface area contributed by atoms with Crippen LogP contribution in [0.3, 0.4) is 0 Å². The van der Waals surface area contributed by atoms with Crippen LogP contribution < -0.4 is 5.73 Å². The molecule has 0 saturated carbocycles. The summed E-state index contributed by atoms with van der Waals surface area (Å²) < 4.78 is 6.67. The molecular formula is C13H16N4O2. The molecule has 6 heteroatoms. The number of aromatic nitrogens is 3. The largest absolute Gasteiger partial charge is 0.462 e. The summed E-state index contributed by atoms with van der Waals surface area (Å²) in [7, 11) is 0. The zero-order valence-corrected chi connectivity index (χ0v) is 10.8. The summed E-state index contributed by atoms with van der Waals surface area (Å²) in [5.41, 5.74) is 7.05. The van der Waals surface area contributed by atoms with E-state index < -0.39 is 0 Å². The van der Waals surface area contributed by atoms with E-state index in [1.807, 2.05) is 6.92 Å². The first-order valence-electron chi connectivity index (χ1n) is 6.12. The van der Waals surface area contributed by atoms with E-state index in [-0.39, 0.29) is 11.9 Å². The predicted molar refractivity (Wildman–Crippen MR) is 72.7 cm³/mol. The first kappa shape index (κ1) is 13.1. The summed E-state index contributed by atoms with van der Waals surface area (Å²) in [5.74, 6) is -0.237. The number of fused-ring (bicyclic) bond motifs is 1. The van der Waals surface area contributed by atoms with Crippen LogP contribution in [-0.4, -0.2) is 27.2 Å². The second kappa shape index (κ2) is 5.51. The highest BCUT2D eigenvalue weighted by molar-refractivity contribution is 5.93. The number of anilines is 1. The molecule has 0 bridgehead atoms. The highest BCUT2D eigenvalue weighted by Gasteiger charge is 2.15. The Morgan fingerprint density at radius 3 is 3.05 bits per heavy atom. The fraction of sp³-hybridized carbons (Fsp3) is 0.308. The molecule has 0 aliphatic rings. The van der Waals surface area contributed by atoms with Crippen LogP contribution in [0.2, 0.25) is 0 Å². The molecule has 0 spiro atoms. The number of pyridine rings is 1. The number of nitrogen functional groups attached to an aromatic ring is 1. The van der Waals surface area contributed by atoms with Gasteiger partial charge in [-0.15, -0.1) is 5.10 Å². The highest BCUT2D eigenvalue weighted by Crippen LogP contribution is 2.15. The Bertz CT molecular complexity index is 618. The number of hydrogen-bond acceptors (Lipinski definition) is 5. The summed E-state index contributed by atoms with van der Waals surface area (Å²) >= 11 is 0. The van der Waals surface area contributed by atoms with Crippen molar-refractivity contribution in [2.45, 2.75) is 19.8 Å². The first-order valence-corrected chi connectivity index (χ1v) is 6.12. The van der Waals surface area contributed by atoms with Gasteiger partial charge in [-0.25, -0.2) is 9.31 Å². The molecule has 0 aliphatic heterocycles. The number of nitrogens with two attached hydrogens (primary N) is 1. The SMILES string of the molecule is C=Cc1c(C(=O)OCCCC)ccc2nc(N)nn12. The van der Waals surface area contributed by atoms with E-state index in [1.54, 1.807) is 12.1 Å². The van der Waals surface area contributed by atoms with Crippen LogP contribution in [0, 0.1) is 0 Å². The number of nitrogens with zero attached hydrogens (tertiary/aromatic N) is 3. The third-order valence-corrected chi connectivity index (χ3v) is 2.70. The van der Waals surface area contributed by atoms with Gasteiger partial charge in [0.25, 0.3) is 0 Å². The van der Waals surface area contributed by atoms with E-state index in [2.05, 4.69) is 16.7 Å². The molecule has 100 valence electrons. The molecule has 0 aromatic carbocycles. The number of esters is 1. The number of unbranched alkanes of at least 4 members (excludes halogenated alkanes) is 1. The molecule has 19 heavy (non-hydrogen) atoms. The lowest BCUT2D eigenvalue weighted by atomic mass is 10.2. The zero-order chi connectivity index (χ0) is 13.8. The Morgan fingerprint density at radius 2 is 2.37 bits per heavy atom. The van der Waals surface area contributed by atoms with Crippen molar-refractivity contribution in [1.29, 1.82) is 0 Å². The van der Waals surface area contributed by atoms with E-state index >= 15 is 0 Å². The Balaban J connectivity index is 2.37. The molecule has 2 aromatic heterocycles. The maximum absolute atomic E-state index is 12.0. The number of ether oxygens (including phenoxy) is 1. The third kappa shape index (κ3) is 2.57. The summed E-state index contributed by atoms with van der Waals surface area (Å²) in [5, 5.41) is 4.03. The van der Waals surface area contributed by atoms with Crippen LogP contribution in [0.1, 0.15) is 35.8 Å². The molecule has 0 atom stereocenters.